The molecule has 0 saturated heterocycles. The van der Waals surface area contributed by atoms with Gasteiger partial charge in [0.25, 0.3) is 0 Å². The van der Waals surface area contributed by atoms with Crippen LogP contribution < -0.4 is 10.1 Å². The summed E-state index contributed by atoms with van der Waals surface area (Å²) in [7, 11) is -0.925. The average Bonchev–Trinajstić information content (AvgIpc) is 1.70. The Morgan fingerprint density at radius 2 is 0.481 bits per heavy atom. The van der Waals surface area contributed by atoms with Crippen LogP contribution in [0.5, 0.6) is 5.75 Å². The molecule has 22 aromatic carbocycles. The average molecular weight is 1980 g/mol. The van der Waals surface area contributed by atoms with E-state index in [2.05, 4.69) is 297 Å². The van der Waals surface area contributed by atoms with Gasteiger partial charge in [0.15, 0.2) is 0 Å². The van der Waals surface area contributed by atoms with Crippen LogP contribution in [0.1, 0.15) is 0 Å². The molecule has 28 rings (SSSR count). The molecule has 0 spiro atoms. The zero-order valence-electron chi connectivity index (χ0n) is 71.8. The quantitative estimate of drug-likeness (QED) is 0.0763. The summed E-state index contributed by atoms with van der Waals surface area (Å²) >= 11 is 9.23. The first kappa shape index (κ1) is 82.8. The molecule has 10 nitrogen and oxygen atoms in total. The molecule has 6 heterocycles. The number of para-hydroxylation sites is 6. The maximum absolute atomic E-state index is 9.91. The molecule has 0 bridgehead atoms. The van der Waals surface area contributed by atoms with Crippen molar-refractivity contribution in [1.82, 2.24) is 0 Å². The van der Waals surface area contributed by atoms with Crippen LogP contribution in [0.3, 0.4) is 0 Å². The number of fused-ring (bicyclic) bond motifs is 24. The second kappa shape index (κ2) is 34.7. The van der Waals surface area contributed by atoms with Crippen molar-refractivity contribution in [2.24, 2.45) is 0 Å². The molecular weight excluding hydrogens is 1910 g/mol. The van der Waals surface area contributed by atoms with E-state index in [1.165, 1.54) is 74.5 Å². The predicted octanol–water partition coefficient (Wildman–Crippen LogP) is 33.8. The monoisotopic (exact) mass is 1980 g/mol. The van der Waals surface area contributed by atoms with Crippen LogP contribution in [0.2, 0.25) is 0 Å². The largest absolute Gasteiger partial charge is 0.569 e. The van der Waals surface area contributed by atoms with E-state index in [0.29, 0.717) is 28.1 Å². The molecular formula is C120H72B2Br2IO10. The molecule has 28 aromatic rings. The first-order valence-corrected chi connectivity index (χ1v) is 47.0. The zero-order chi connectivity index (χ0) is 90.5. The van der Waals surface area contributed by atoms with E-state index in [9.17, 15) is 15.1 Å². The van der Waals surface area contributed by atoms with E-state index in [4.69, 9.17) is 31.2 Å². The van der Waals surface area contributed by atoms with Crippen LogP contribution in [0, 0.1) is 3.57 Å². The van der Waals surface area contributed by atoms with Crippen LogP contribution in [0.4, 0.5) is 0 Å². The number of halogens is 3. The molecule has 0 aliphatic rings. The molecule has 3 N–H and O–H groups in total. The zero-order valence-corrected chi connectivity index (χ0v) is 77.2. The van der Waals surface area contributed by atoms with E-state index in [-0.39, 0.29) is 5.46 Å². The number of rotatable bonds is 8. The number of furan rings is 6. The van der Waals surface area contributed by atoms with Gasteiger partial charge >= 0.3 is 14.8 Å². The van der Waals surface area contributed by atoms with E-state index in [0.717, 1.165) is 175 Å². The first-order chi connectivity index (χ1) is 66.5. The van der Waals surface area contributed by atoms with Gasteiger partial charge in [0.05, 0.1) is 16.6 Å². The minimum atomic E-state index is -1.68. The lowest BCUT2D eigenvalue weighted by Gasteiger charge is -2.18. The molecule has 639 valence electrons. The highest BCUT2D eigenvalue weighted by Gasteiger charge is 2.29. The van der Waals surface area contributed by atoms with E-state index in [1.807, 2.05) is 176 Å². The fraction of sp³-hybridized carbons (Fsp3) is 0. The van der Waals surface area contributed by atoms with E-state index < -0.39 is 7.12 Å². The minimum Gasteiger partial charge on any atom is -0.537 e. The highest BCUT2D eigenvalue weighted by atomic mass is 127. The maximum Gasteiger partial charge on any atom is 0.569 e. The predicted molar refractivity (Wildman–Crippen MR) is 575 cm³/mol. The highest BCUT2D eigenvalue weighted by molar-refractivity contribution is 14.1. The molecule has 0 amide bonds. The Morgan fingerprint density at radius 1 is 0.222 bits per heavy atom. The fourth-order valence-corrected chi connectivity index (χ4v) is 21.6. The summed E-state index contributed by atoms with van der Waals surface area (Å²) in [6, 6.07) is 144. The molecule has 15 heteroatoms. The van der Waals surface area contributed by atoms with Gasteiger partial charge in [-0.1, -0.05) is 347 Å². The molecule has 6 aromatic heterocycles. The molecule has 135 heavy (non-hydrogen) atoms. The summed E-state index contributed by atoms with van der Waals surface area (Å²) in [6.45, 7) is 0. The maximum atomic E-state index is 9.91. The normalized spacial score (nSPS) is 11.6. The first-order valence-electron chi connectivity index (χ1n) is 44.4. The van der Waals surface area contributed by atoms with Crippen molar-refractivity contribution in [3.8, 4) is 61.4 Å². The summed E-state index contributed by atoms with van der Waals surface area (Å²) < 4.78 is 46.6. The van der Waals surface area contributed by atoms with Gasteiger partial charge in [-0.2, -0.15) is 0 Å². The number of hydrogen-bond donors (Lipinski definition) is 3. The Bertz CT molecular complexity index is 9220. The van der Waals surface area contributed by atoms with Crippen molar-refractivity contribution < 1.29 is 46.2 Å². The number of benzene rings is 22. The van der Waals surface area contributed by atoms with E-state index in [1.54, 1.807) is 0 Å². The van der Waals surface area contributed by atoms with Crippen LogP contribution in [0.25, 0.3) is 252 Å². The second-order valence-corrected chi connectivity index (χ2v) is 36.6. The number of hydrogen-bond acceptors (Lipinski definition) is 10. The molecule has 0 aliphatic carbocycles. The van der Waals surface area contributed by atoms with Gasteiger partial charge in [0.2, 0.25) is 0 Å². The molecule has 0 fully saturated rings. The van der Waals surface area contributed by atoms with Crippen molar-refractivity contribution in [3.05, 3.63) is 431 Å². The van der Waals surface area contributed by atoms with Crippen molar-refractivity contribution in [2.75, 3.05) is 0 Å². The summed E-state index contributed by atoms with van der Waals surface area (Å²) in [5.74, 6) is 0.674. The summed E-state index contributed by atoms with van der Waals surface area (Å²) in [5, 5.41) is 55.6. The lowest BCUT2D eigenvalue weighted by Crippen LogP contribution is -2.30. The van der Waals surface area contributed by atoms with Gasteiger partial charge in [0.1, 0.15) is 72.7 Å². The molecule has 0 aliphatic heterocycles. The highest BCUT2D eigenvalue weighted by Crippen LogP contribution is 2.51. The van der Waals surface area contributed by atoms with Crippen LogP contribution in [-0.2, 0) is 0 Å². The van der Waals surface area contributed by atoms with Crippen molar-refractivity contribution in [3.63, 3.8) is 0 Å². The molecule has 0 atom stereocenters. The van der Waals surface area contributed by atoms with Gasteiger partial charge in [-0.25, -0.2) is 0 Å². The third-order valence-corrected chi connectivity index (χ3v) is 27.4. The summed E-state index contributed by atoms with van der Waals surface area (Å²) in [5.41, 5.74) is 20.8. The molecule has 0 unspecified atom stereocenters. The Morgan fingerprint density at radius 3 is 0.800 bits per heavy atom. The Kier molecular flexibility index (Phi) is 21.3. The van der Waals surface area contributed by atoms with Gasteiger partial charge in [-0.05, 0) is 224 Å². The van der Waals surface area contributed by atoms with Gasteiger partial charge in [-0.3, -0.25) is 0 Å². The molecule has 1 radical (unpaired) electrons. The van der Waals surface area contributed by atoms with Crippen LogP contribution in [-0.4, -0.2) is 29.9 Å². The Balaban J connectivity index is 0.000000101. The fourth-order valence-electron chi connectivity index (χ4n) is 19.8. The van der Waals surface area contributed by atoms with Gasteiger partial charge in [-0.15, -0.1) is 0 Å². The van der Waals surface area contributed by atoms with Crippen molar-refractivity contribution >= 4 is 271 Å². The third kappa shape index (κ3) is 14.7. The standard InChI is InChI=1S/C48H28O2.C24H16BO2.C24H13BrO2.C18H11BO4.C6H4BrI/c1-2-13-30-26-33(25-24-29(30)12-1)45-38-20-5-3-18-36(38)44(37-19-4-6-21-39(37)45)31-14-11-15-32(27-31)46-47-40(34-16-7-9-22-42(34)49-47)28-41-35-17-8-10-23-43(35)50-48(41)46;26-25-27-24-21-11-5-3-9-19(21)23(20-10-4-6-12-22(20)24)18-14-13-16-7-1-2-8-17(16)15-18;25-15-7-5-6-14(12-15)22-23-18(16-8-1-3-10-20(16)26-23)13-19-17-9-2-4-11-21(17)27-24(19)22;20-19(21)16-17-12(10-5-1-3-7-14(10)22-17)9-13-11-6-2-4-8-15(11)23-18(13)16;7-5-2-1-3-6(8)4-5/h1-28H;1-15,26H;1-13H;1-9,20-21H;1-4H. The van der Waals surface area contributed by atoms with Crippen LogP contribution >= 0.6 is 54.5 Å². The molecule has 0 saturated carbocycles. The lowest BCUT2D eigenvalue weighted by atomic mass is 9.78. The minimum absolute atomic E-state index is 0.268. The Hall–Kier alpha value is -15.3. The van der Waals surface area contributed by atoms with Gasteiger partial charge in [0, 0.05) is 87.9 Å². The van der Waals surface area contributed by atoms with Crippen molar-refractivity contribution in [2.45, 2.75) is 0 Å². The van der Waals surface area contributed by atoms with Crippen LogP contribution in [0.15, 0.2) is 454 Å². The summed E-state index contributed by atoms with van der Waals surface area (Å²) in [6.07, 6.45) is 0. The Labute approximate surface area is 802 Å². The van der Waals surface area contributed by atoms with Gasteiger partial charge < -0.3 is 46.2 Å². The van der Waals surface area contributed by atoms with Crippen molar-refractivity contribution in [1.29, 1.82) is 0 Å². The second-order valence-electron chi connectivity index (χ2n) is 33.5. The summed E-state index contributed by atoms with van der Waals surface area (Å²) in [4.78, 5) is 0. The topological polar surface area (TPSA) is 149 Å². The third-order valence-electron chi connectivity index (χ3n) is 25.7. The van der Waals surface area contributed by atoms with E-state index >= 15 is 0 Å². The lowest BCUT2D eigenvalue weighted by molar-refractivity contribution is 0.425. The SMILES string of the molecule is Brc1cccc(-c2c3oc4ccccc4c3cc3c2oc2ccccc23)c1.Brc1cccc(I)c1.OB(O)c1c2oc3ccccc3c2cc2c1oc1ccccc12.O[B]Oc1c2ccccc2c(-c2ccc3ccccc3c2)c2ccccc12.c1cc(-c2c3ccccc3c(-c3ccc4ccccc4c3)c3ccccc23)cc(-c2c3oc4ccccc4c3cc3c2oc2ccccc23)c1. The smallest absolute Gasteiger partial charge is 0.537 e.